The molecular formula is C26H32N4O4. The van der Waals surface area contributed by atoms with Crippen molar-refractivity contribution in [2.75, 3.05) is 13.2 Å². The molecule has 0 radical (unpaired) electrons. The molecule has 0 bridgehead atoms. The van der Waals surface area contributed by atoms with Gasteiger partial charge in [-0.15, -0.1) is 0 Å². The lowest BCUT2D eigenvalue weighted by molar-refractivity contribution is 0.0603. The Balaban J connectivity index is 1.81. The monoisotopic (exact) mass is 464 g/mol. The summed E-state index contributed by atoms with van der Waals surface area (Å²) in [5.74, 6) is -0.212. The van der Waals surface area contributed by atoms with Crippen LogP contribution in [0.3, 0.4) is 0 Å². The van der Waals surface area contributed by atoms with Gasteiger partial charge in [0.25, 0.3) is 0 Å². The Bertz CT molecular complexity index is 1050. The predicted molar refractivity (Wildman–Crippen MR) is 128 cm³/mol. The number of nitrogens with one attached hydrogen (secondary N) is 1. The average molecular weight is 465 g/mol. The van der Waals surface area contributed by atoms with Gasteiger partial charge in [0.05, 0.1) is 24.9 Å². The first-order valence-electron chi connectivity index (χ1n) is 12.0. The molecule has 2 aliphatic carbocycles. The van der Waals surface area contributed by atoms with Crippen molar-refractivity contribution in [3.63, 3.8) is 0 Å². The highest BCUT2D eigenvalue weighted by molar-refractivity contribution is 5.75. The molecule has 34 heavy (non-hydrogen) atoms. The van der Waals surface area contributed by atoms with Crippen LogP contribution in [0, 0.1) is 0 Å². The molecule has 1 heterocycles. The number of carbonyl (C=O) groups excluding carboxylic acids is 2. The number of para-hydroxylation sites is 1. The zero-order valence-electron chi connectivity index (χ0n) is 19.8. The summed E-state index contributed by atoms with van der Waals surface area (Å²) < 4.78 is 12.3. The van der Waals surface area contributed by atoms with Crippen molar-refractivity contribution in [1.82, 2.24) is 20.2 Å². The van der Waals surface area contributed by atoms with Crippen LogP contribution in [0.1, 0.15) is 57.4 Å². The normalized spacial score (nSPS) is 19.7. The smallest absolute Gasteiger partial charge is 0.429 e. The lowest BCUT2D eigenvalue weighted by Crippen LogP contribution is -2.54. The van der Waals surface area contributed by atoms with Crippen LogP contribution in [0.4, 0.5) is 9.59 Å². The third kappa shape index (κ3) is 5.00. The lowest BCUT2D eigenvalue weighted by Gasteiger charge is -2.35. The third-order valence-corrected chi connectivity index (χ3v) is 6.28. The number of benzene rings is 1. The van der Waals surface area contributed by atoms with E-state index in [4.69, 9.17) is 9.47 Å². The van der Waals surface area contributed by atoms with Gasteiger partial charge in [0.15, 0.2) is 0 Å². The summed E-state index contributed by atoms with van der Waals surface area (Å²) in [6, 6.07) is 9.41. The fraction of sp³-hybridized carbons (Fsp3) is 0.423. The van der Waals surface area contributed by atoms with Gasteiger partial charge in [-0.05, 0) is 62.8 Å². The van der Waals surface area contributed by atoms with Gasteiger partial charge in [0, 0.05) is 18.3 Å². The first-order valence-corrected chi connectivity index (χ1v) is 12.0. The number of hydrogen-bond donors (Lipinski definition) is 1. The topological polar surface area (TPSA) is 85.7 Å². The fourth-order valence-electron chi connectivity index (χ4n) is 4.85. The summed E-state index contributed by atoms with van der Waals surface area (Å²) in [6.45, 7) is 3.87. The maximum absolute atomic E-state index is 13.2. The van der Waals surface area contributed by atoms with E-state index in [9.17, 15) is 9.59 Å². The number of rotatable bonds is 5. The summed E-state index contributed by atoms with van der Waals surface area (Å²) in [5, 5.41) is 5.73. The van der Waals surface area contributed by atoms with E-state index in [2.05, 4.69) is 22.7 Å². The van der Waals surface area contributed by atoms with Gasteiger partial charge in [-0.1, -0.05) is 42.3 Å². The van der Waals surface area contributed by atoms with E-state index < -0.39 is 18.2 Å². The summed E-state index contributed by atoms with van der Waals surface area (Å²) >= 11 is 0. The summed E-state index contributed by atoms with van der Waals surface area (Å²) in [5.41, 5.74) is 6.97. The highest BCUT2D eigenvalue weighted by Crippen LogP contribution is 2.42. The Morgan fingerprint density at radius 3 is 2.56 bits per heavy atom. The van der Waals surface area contributed by atoms with Gasteiger partial charge < -0.3 is 9.47 Å². The van der Waals surface area contributed by atoms with Crippen molar-refractivity contribution in [1.29, 1.82) is 0 Å². The van der Waals surface area contributed by atoms with Crippen LogP contribution in [-0.2, 0) is 9.47 Å². The number of aromatic nitrogens is 2. The average Bonchev–Trinajstić information content (AvgIpc) is 3.54. The van der Waals surface area contributed by atoms with E-state index in [0.717, 1.165) is 42.5 Å². The maximum atomic E-state index is 13.2. The summed E-state index contributed by atoms with van der Waals surface area (Å²) in [4.78, 5) is 25.6. The first kappa shape index (κ1) is 23.6. The molecule has 1 N–H and O–H groups in total. The number of nitrogens with zero attached hydrogens (tertiary/aromatic N) is 3. The number of allylic oxidation sites excluding steroid dienone is 1. The first-order chi connectivity index (χ1) is 16.6. The second kappa shape index (κ2) is 11.0. The van der Waals surface area contributed by atoms with Gasteiger partial charge >= 0.3 is 12.2 Å². The number of carbonyl (C=O) groups is 2. The zero-order chi connectivity index (χ0) is 23.9. The van der Waals surface area contributed by atoms with Crippen molar-refractivity contribution in [3.05, 3.63) is 71.6 Å². The van der Waals surface area contributed by atoms with E-state index in [-0.39, 0.29) is 19.1 Å². The Hall–Kier alpha value is -3.55. The van der Waals surface area contributed by atoms with E-state index in [1.54, 1.807) is 20.0 Å². The van der Waals surface area contributed by atoms with Crippen LogP contribution >= 0.6 is 0 Å². The van der Waals surface area contributed by atoms with Crippen molar-refractivity contribution in [2.24, 2.45) is 0 Å². The zero-order valence-corrected chi connectivity index (χ0v) is 19.8. The minimum absolute atomic E-state index is 0.195. The van der Waals surface area contributed by atoms with E-state index in [1.165, 1.54) is 17.0 Å². The summed E-state index contributed by atoms with van der Waals surface area (Å²) in [7, 11) is 0. The summed E-state index contributed by atoms with van der Waals surface area (Å²) in [6.07, 6.45) is 12.0. The van der Waals surface area contributed by atoms with Crippen LogP contribution in [0.25, 0.3) is 5.69 Å². The molecule has 8 nitrogen and oxygen atoms in total. The van der Waals surface area contributed by atoms with Crippen LogP contribution in [-0.4, -0.2) is 46.2 Å². The lowest BCUT2D eigenvalue weighted by atomic mass is 9.85. The number of hydrogen-bond acceptors (Lipinski definition) is 5. The van der Waals surface area contributed by atoms with Crippen molar-refractivity contribution in [3.8, 4) is 5.69 Å². The molecule has 1 aromatic carbocycles. The molecule has 2 amide bonds. The molecule has 4 rings (SSSR count). The fourth-order valence-corrected chi connectivity index (χ4v) is 4.85. The van der Waals surface area contributed by atoms with Crippen LogP contribution in [0.15, 0.2) is 66.0 Å². The Morgan fingerprint density at radius 1 is 1.09 bits per heavy atom. The molecule has 1 saturated carbocycles. The van der Waals surface area contributed by atoms with Crippen LogP contribution in [0.5, 0.6) is 0 Å². The molecule has 1 fully saturated rings. The van der Waals surface area contributed by atoms with Gasteiger partial charge in [0.1, 0.15) is 0 Å². The largest absolute Gasteiger partial charge is 0.449 e. The molecule has 2 aliphatic rings. The highest BCUT2D eigenvalue weighted by atomic mass is 16.6. The quantitative estimate of drug-likeness (QED) is 0.609. The van der Waals surface area contributed by atoms with Gasteiger partial charge in [-0.2, -0.15) is 5.10 Å². The molecule has 0 unspecified atom stereocenters. The van der Waals surface area contributed by atoms with E-state index in [0.29, 0.717) is 0 Å². The minimum atomic E-state index is -0.686. The second-order valence-corrected chi connectivity index (χ2v) is 8.36. The standard InChI is InChI=1S/C26H32N4O4/c1-3-33-25(31)28-30(26(32)34-4-2)24-20(19-11-6-5-7-12-19)15-16-22(24)21-13-8-9-14-23(21)29-18-10-17-27-29/h8-10,13-18,22,24H,3-7,11-12H2,1-2H3,(H,28,31)/t22-,24+/m1/s1. The molecule has 180 valence electrons. The van der Waals surface area contributed by atoms with Crippen LogP contribution in [0.2, 0.25) is 0 Å². The molecular weight excluding hydrogens is 432 g/mol. The Labute approximate surface area is 200 Å². The van der Waals surface area contributed by atoms with Gasteiger partial charge in [-0.3, -0.25) is 0 Å². The van der Waals surface area contributed by atoms with Gasteiger partial charge in [-0.25, -0.2) is 24.7 Å². The minimum Gasteiger partial charge on any atom is -0.449 e. The number of amides is 2. The molecule has 2 aromatic rings. The molecule has 2 atom stereocenters. The molecule has 0 aliphatic heterocycles. The maximum Gasteiger partial charge on any atom is 0.429 e. The number of hydrazine groups is 1. The molecule has 8 heteroatoms. The Morgan fingerprint density at radius 2 is 1.85 bits per heavy atom. The number of ether oxygens (including phenoxy) is 2. The van der Waals surface area contributed by atoms with Crippen LogP contribution < -0.4 is 5.43 Å². The molecule has 1 aromatic heterocycles. The highest BCUT2D eigenvalue weighted by Gasteiger charge is 2.40. The van der Waals surface area contributed by atoms with E-state index >= 15 is 0 Å². The van der Waals surface area contributed by atoms with Crippen molar-refractivity contribution in [2.45, 2.75) is 57.9 Å². The predicted octanol–water partition coefficient (Wildman–Crippen LogP) is 5.27. The SMILES string of the molecule is CCOC(=O)NN(C(=O)OCC)[C@H]1C(=C2CCCCC2)C=C[C@@H]1c1ccccc1-n1cccn1. The Kier molecular flexibility index (Phi) is 7.67. The third-order valence-electron chi connectivity index (χ3n) is 6.28. The van der Waals surface area contributed by atoms with E-state index in [1.807, 2.05) is 41.2 Å². The van der Waals surface area contributed by atoms with Crippen molar-refractivity contribution < 1.29 is 19.1 Å². The molecule has 0 spiro atoms. The molecule has 0 saturated heterocycles. The second-order valence-electron chi connectivity index (χ2n) is 8.36. The van der Waals surface area contributed by atoms with Crippen molar-refractivity contribution >= 4 is 12.2 Å². The van der Waals surface area contributed by atoms with Gasteiger partial charge in [0.2, 0.25) is 0 Å².